The fraction of sp³-hybridized carbons (Fsp3) is 0.194. The molecule has 1 fully saturated rings. The minimum Gasteiger partial charge on any atom is -0.456 e. The Balaban J connectivity index is 1.01. The Labute approximate surface area is 432 Å². The third-order valence-electron chi connectivity index (χ3n) is 17.8. The van der Waals surface area contributed by atoms with Crippen molar-refractivity contribution in [3.05, 3.63) is 199 Å². The molecule has 2 atom stereocenters. The fourth-order valence-corrected chi connectivity index (χ4v) is 15.2. The van der Waals surface area contributed by atoms with E-state index in [-0.39, 0.29) is 23.1 Å². The molecular formula is C67H56BN3OS. The first-order valence-electron chi connectivity index (χ1n) is 26.3. The predicted octanol–water partition coefficient (Wildman–Crippen LogP) is 17.1. The molecule has 1 saturated carbocycles. The third-order valence-corrected chi connectivity index (χ3v) is 19.0. The van der Waals surface area contributed by atoms with Crippen LogP contribution in [0.1, 0.15) is 77.0 Å². The number of rotatable bonds is 4. The van der Waals surface area contributed by atoms with Gasteiger partial charge in [-0.15, -0.1) is 11.3 Å². The lowest BCUT2D eigenvalue weighted by Crippen LogP contribution is -2.61. The first-order valence-corrected chi connectivity index (χ1v) is 27.1. The van der Waals surface area contributed by atoms with Gasteiger partial charge in [-0.05, 0) is 149 Å². The first kappa shape index (κ1) is 43.1. The lowest BCUT2D eigenvalue weighted by Gasteiger charge is -2.50. The zero-order chi connectivity index (χ0) is 49.1. The summed E-state index contributed by atoms with van der Waals surface area (Å²) in [4.78, 5) is 7.97. The van der Waals surface area contributed by atoms with Crippen molar-refractivity contribution in [2.24, 2.45) is 0 Å². The Morgan fingerprint density at radius 2 is 1.25 bits per heavy atom. The van der Waals surface area contributed by atoms with Gasteiger partial charge in [0.2, 0.25) is 0 Å². The predicted molar refractivity (Wildman–Crippen MR) is 312 cm³/mol. The van der Waals surface area contributed by atoms with Crippen LogP contribution in [0, 0.1) is 6.92 Å². The number of hydrogen-bond acceptors (Lipinski definition) is 5. The maximum absolute atomic E-state index is 6.62. The van der Waals surface area contributed by atoms with E-state index in [1.807, 2.05) is 11.3 Å². The molecule has 9 aromatic carbocycles. The van der Waals surface area contributed by atoms with Crippen molar-refractivity contribution in [3.63, 3.8) is 0 Å². The van der Waals surface area contributed by atoms with Gasteiger partial charge in [-0.2, -0.15) is 0 Å². The highest BCUT2D eigenvalue weighted by Crippen LogP contribution is 2.62. The van der Waals surface area contributed by atoms with Crippen LogP contribution in [0.25, 0.3) is 53.2 Å². The second kappa shape index (κ2) is 15.3. The van der Waals surface area contributed by atoms with E-state index >= 15 is 0 Å². The van der Waals surface area contributed by atoms with E-state index in [0.29, 0.717) is 0 Å². The average molecular weight is 962 g/mol. The van der Waals surface area contributed by atoms with Crippen molar-refractivity contribution >= 4 is 122 Å². The number of para-hydroxylation sites is 1. The molecule has 5 heterocycles. The Kier molecular flexibility index (Phi) is 9.00. The standard InChI is InChI=1S/C67H56BN3OS/c1-41-35-58-63-59(36-41)70(56-22-16-21-50-49-20-11-13-24-62(49)73-64(50)56)57-39-46(71-54-31-25-43(42-17-8-7-9-18-42)37-51(54)66(5)33-14-15-34-67(66,71)6)28-30-52(57)68(63)53-38-44(65(2,3)4)26-32-55(53)69(58)45-27-29-48-47-19-10-12-23-60(47)72-61(48)40-45/h7-13,16-32,35-40H,14-15,33-34H2,1-6H3. The summed E-state index contributed by atoms with van der Waals surface area (Å²) in [5.41, 5.74) is 22.0. The molecule has 0 amide bonds. The molecule has 2 unspecified atom stereocenters. The number of fused-ring (bicyclic) bond motifs is 13. The zero-order valence-electron chi connectivity index (χ0n) is 42.4. The van der Waals surface area contributed by atoms with Gasteiger partial charge < -0.3 is 19.1 Å². The summed E-state index contributed by atoms with van der Waals surface area (Å²) < 4.78 is 9.24. The molecule has 0 spiro atoms. The van der Waals surface area contributed by atoms with Gasteiger partial charge in [0.25, 0.3) is 6.71 Å². The monoisotopic (exact) mass is 961 g/mol. The highest BCUT2D eigenvalue weighted by molar-refractivity contribution is 7.26. The van der Waals surface area contributed by atoms with Crippen molar-refractivity contribution < 1.29 is 4.42 Å². The molecule has 0 N–H and O–H groups in total. The summed E-state index contributed by atoms with van der Waals surface area (Å²) in [6.45, 7) is 14.4. The van der Waals surface area contributed by atoms with Gasteiger partial charge in [0, 0.05) is 77.5 Å². The van der Waals surface area contributed by atoms with Crippen LogP contribution in [0.2, 0.25) is 0 Å². The topological polar surface area (TPSA) is 22.9 Å². The number of anilines is 8. The Hall–Kier alpha value is -7.54. The smallest absolute Gasteiger partial charge is 0.252 e. The number of benzene rings is 9. The Morgan fingerprint density at radius 1 is 0.521 bits per heavy atom. The molecule has 3 aliphatic heterocycles. The van der Waals surface area contributed by atoms with Crippen LogP contribution in [0.5, 0.6) is 0 Å². The van der Waals surface area contributed by atoms with Crippen LogP contribution in [0.4, 0.5) is 45.5 Å². The van der Waals surface area contributed by atoms with Gasteiger partial charge in [0.05, 0.1) is 15.9 Å². The van der Waals surface area contributed by atoms with E-state index in [0.717, 1.165) is 34.0 Å². The van der Waals surface area contributed by atoms with Crippen molar-refractivity contribution in [3.8, 4) is 11.1 Å². The molecule has 1 aliphatic carbocycles. The maximum Gasteiger partial charge on any atom is 0.252 e. The molecule has 354 valence electrons. The molecule has 0 radical (unpaired) electrons. The lowest BCUT2D eigenvalue weighted by atomic mass is 9.33. The van der Waals surface area contributed by atoms with E-state index in [4.69, 9.17) is 4.42 Å². The number of hydrogen-bond donors (Lipinski definition) is 0. The van der Waals surface area contributed by atoms with Gasteiger partial charge in [0.1, 0.15) is 11.2 Å². The molecular weight excluding hydrogens is 906 g/mol. The normalized spacial score (nSPS) is 18.9. The van der Waals surface area contributed by atoms with E-state index in [9.17, 15) is 0 Å². The molecule has 73 heavy (non-hydrogen) atoms. The van der Waals surface area contributed by atoms with Crippen LogP contribution in [-0.2, 0) is 10.8 Å². The van der Waals surface area contributed by atoms with Crippen molar-refractivity contribution in [2.45, 2.75) is 83.6 Å². The van der Waals surface area contributed by atoms with Crippen LogP contribution in [-0.4, -0.2) is 12.3 Å². The first-order chi connectivity index (χ1) is 35.5. The van der Waals surface area contributed by atoms with Crippen molar-refractivity contribution in [2.75, 3.05) is 14.7 Å². The van der Waals surface area contributed by atoms with Crippen LogP contribution >= 0.6 is 11.3 Å². The molecule has 6 heteroatoms. The Morgan fingerprint density at radius 3 is 2.10 bits per heavy atom. The van der Waals surface area contributed by atoms with E-state index < -0.39 is 0 Å². The summed E-state index contributed by atoms with van der Waals surface area (Å²) in [5.74, 6) is 0. The molecule has 15 rings (SSSR count). The van der Waals surface area contributed by atoms with Crippen molar-refractivity contribution in [1.82, 2.24) is 0 Å². The van der Waals surface area contributed by atoms with E-state index in [1.54, 1.807) is 0 Å². The summed E-state index contributed by atoms with van der Waals surface area (Å²) in [6.07, 6.45) is 4.76. The average Bonchev–Trinajstić information content (AvgIpc) is 4.04. The summed E-state index contributed by atoms with van der Waals surface area (Å²) >= 11 is 1.91. The Bertz CT molecular complexity index is 4130. The third kappa shape index (κ3) is 6.02. The van der Waals surface area contributed by atoms with Gasteiger partial charge >= 0.3 is 0 Å². The second-order valence-corrected chi connectivity index (χ2v) is 23.9. The largest absolute Gasteiger partial charge is 0.456 e. The molecule has 11 aromatic rings. The van der Waals surface area contributed by atoms with Gasteiger partial charge in [0.15, 0.2) is 0 Å². The summed E-state index contributed by atoms with van der Waals surface area (Å²) in [5, 5.41) is 4.89. The molecule has 2 aromatic heterocycles. The van der Waals surface area contributed by atoms with E-state index in [1.165, 1.54) is 123 Å². The highest BCUT2D eigenvalue weighted by Gasteiger charge is 2.58. The SMILES string of the molecule is Cc1cc2c3c(c1)N(c1cccc4c1sc1ccccc14)c1cc(N4c5ccc(-c6ccccc6)cc5C5(C)CCCCC45C)ccc1B3c1cc(C(C)(C)C)ccc1N2c1ccc2c(c1)oc1ccccc12. The minimum atomic E-state index is -0.121. The number of furan rings is 1. The van der Waals surface area contributed by atoms with E-state index in [2.05, 4.69) is 238 Å². The quantitative estimate of drug-likeness (QED) is 0.164. The second-order valence-electron chi connectivity index (χ2n) is 22.9. The highest BCUT2D eigenvalue weighted by atomic mass is 32.1. The number of thiophene rings is 1. The number of aryl methyl sites for hydroxylation is 1. The minimum absolute atomic E-state index is 0.0224. The van der Waals surface area contributed by atoms with Crippen LogP contribution in [0.3, 0.4) is 0 Å². The lowest BCUT2D eigenvalue weighted by molar-refractivity contribution is 0.195. The van der Waals surface area contributed by atoms with Crippen molar-refractivity contribution in [1.29, 1.82) is 0 Å². The fourth-order valence-electron chi connectivity index (χ4n) is 14.0. The van der Waals surface area contributed by atoms with Crippen LogP contribution in [0.15, 0.2) is 186 Å². The van der Waals surface area contributed by atoms with Gasteiger partial charge in [-0.3, -0.25) is 0 Å². The van der Waals surface area contributed by atoms with Gasteiger partial charge in [-0.25, -0.2) is 0 Å². The molecule has 4 aliphatic rings. The molecule has 4 nitrogen and oxygen atoms in total. The molecule has 0 saturated heterocycles. The van der Waals surface area contributed by atoms with Gasteiger partial charge in [-0.1, -0.05) is 144 Å². The zero-order valence-corrected chi connectivity index (χ0v) is 43.2. The summed E-state index contributed by atoms with van der Waals surface area (Å²) in [6, 6.07) is 69.2. The maximum atomic E-state index is 6.62. The van der Waals surface area contributed by atoms with Crippen LogP contribution < -0.4 is 31.1 Å². The summed E-state index contributed by atoms with van der Waals surface area (Å²) in [7, 11) is 0. The number of nitrogens with zero attached hydrogens (tertiary/aromatic N) is 3. The molecule has 0 bridgehead atoms.